The summed E-state index contributed by atoms with van der Waals surface area (Å²) in [6, 6.07) is 7.31. The van der Waals surface area contributed by atoms with E-state index in [1.54, 1.807) is 30.7 Å². The highest BCUT2D eigenvalue weighted by atomic mass is 16.6. The first-order chi connectivity index (χ1) is 11.8. The average molecular weight is 326 g/mol. The van der Waals surface area contributed by atoms with Crippen molar-refractivity contribution < 1.29 is 9.63 Å². The van der Waals surface area contributed by atoms with Crippen molar-refractivity contribution in [1.29, 1.82) is 0 Å². The van der Waals surface area contributed by atoms with Crippen LogP contribution in [0.15, 0.2) is 42.9 Å². The number of hydroxylamine groups is 1. The number of amides is 1. The van der Waals surface area contributed by atoms with E-state index in [0.29, 0.717) is 30.5 Å². The molecule has 1 saturated carbocycles. The maximum absolute atomic E-state index is 12.3. The Morgan fingerprint density at radius 3 is 2.75 bits per heavy atom. The second-order valence-corrected chi connectivity index (χ2v) is 6.00. The molecule has 1 amide bonds. The third-order valence-corrected chi connectivity index (χ3v) is 4.22. The van der Waals surface area contributed by atoms with Gasteiger partial charge in [-0.25, -0.2) is 10.5 Å². The van der Waals surface area contributed by atoms with Crippen LogP contribution in [0.4, 0.5) is 5.82 Å². The molecule has 2 heterocycles. The van der Waals surface area contributed by atoms with Crippen LogP contribution in [0.25, 0.3) is 0 Å². The Kier molecular flexibility index (Phi) is 5.74. The van der Waals surface area contributed by atoms with Crippen LogP contribution in [0, 0.1) is 5.92 Å². The lowest BCUT2D eigenvalue weighted by atomic mass is 10.1. The number of carbonyl (C=O) groups is 1. The molecule has 126 valence electrons. The van der Waals surface area contributed by atoms with Crippen LogP contribution < -0.4 is 10.8 Å². The molecule has 1 fully saturated rings. The first kappa shape index (κ1) is 16.4. The predicted molar refractivity (Wildman–Crippen MR) is 91.2 cm³/mol. The van der Waals surface area contributed by atoms with Gasteiger partial charge in [0.25, 0.3) is 5.91 Å². The zero-order chi connectivity index (χ0) is 16.6. The van der Waals surface area contributed by atoms with Crippen molar-refractivity contribution in [3.63, 3.8) is 0 Å². The molecule has 0 aliphatic heterocycles. The van der Waals surface area contributed by atoms with E-state index in [2.05, 4.69) is 20.8 Å². The molecule has 6 heteroatoms. The summed E-state index contributed by atoms with van der Waals surface area (Å²) in [5.74, 6) is 0.818. The summed E-state index contributed by atoms with van der Waals surface area (Å²) in [5, 5.41) is 3.19. The molecule has 2 aromatic heterocycles. The van der Waals surface area contributed by atoms with Crippen molar-refractivity contribution in [2.24, 2.45) is 5.92 Å². The molecule has 6 nitrogen and oxygen atoms in total. The molecule has 3 rings (SSSR count). The van der Waals surface area contributed by atoms with Crippen LogP contribution >= 0.6 is 0 Å². The summed E-state index contributed by atoms with van der Waals surface area (Å²) in [6.07, 6.45) is 10.0. The second-order valence-electron chi connectivity index (χ2n) is 6.00. The fourth-order valence-electron chi connectivity index (χ4n) is 2.87. The number of aromatic nitrogens is 2. The standard InChI is InChI=1S/C18H22N4O2/c23-18(22-24-13-15-4-1-2-5-15)16-6-3-9-20-17(16)21-12-14-7-10-19-11-8-14/h3,6-11,15H,1-2,4-5,12-13H2,(H,20,21)(H,22,23). The van der Waals surface area contributed by atoms with Gasteiger partial charge in [0.05, 0.1) is 12.2 Å². The minimum Gasteiger partial charge on any atom is -0.365 e. The van der Waals surface area contributed by atoms with E-state index < -0.39 is 0 Å². The number of hydrogen-bond donors (Lipinski definition) is 2. The Hall–Kier alpha value is -2.47. The molecule has 2 aromatic rings. The van der Waals surface area contributed by atoms with E-state index in [1.165, 1.54) is 25.7 Å². The summed E-state index contributed by atoms with van der Waals surface area (Å²) >= 11 is 0. The lowest BCUT2D eigenvalue weighted by Crippen LogP contribution is -2.27. The first-order valence-corrected chi connectivity index (χ1v) is 8.33. The molecular weight excluding hydrogens is 304 g/mol. The number of hydrogen-bond acceptors (Lipinski definition) is 5. The van der Waals surface area contributed by atoms with E-state index >= 15 is 0 Å². The van der Waals surface area contributed by atoms with Crippen LogP contribution in [0.5, 0.6) is 0 Å². The molecule has 1 aliphatic carbocycles. The Morgan fingerprint density at radius 2 is 1.96 bits per heavy atom. The predicted octanol–water partition coefficient (Wildman–Crippen LogP) is 2.94. The fraction of sp³-hybridized carbons (Fsp3) is 0.389. The Labute approximate surface area is 141 Å². The summed E-state index contributed by atoms with van der Waals surface area (Å²) in [7, 11) is 0. The average Bonchev–Trinajstić information content (AvgIpc) is 3.14. The summed E-state index contributed by atoms with van der Waals surface area (Å²) in [6.45, 7) is 1.15. The SMILES string of the molecule is O=C(NOCC1CCCC1)c1cccnc1NCc1ccncc1. The first-order valence-electron chi connectivity index (χ1n) is 8.33. The van der Waals surface area contributed by atoms with Crippen molar-refractivity contribution >= 4 is 11.7 Å². The molecular formula is C18H22N4O2. The van der Waals surface area contributed by atoms with Crippen molar-refractivity contribution in [2.45, 2.75) is 32.2 Å². The van der Waals surface area contributed by atoms with Gasteiger partial charge in [0, 0.05) is 25.1 Å². The van der Waals surface area contributed by atoms with Gasteiger partial charge in [0.15, 0.2) is 0 Å². The molecule has 0 bridgehead atoms. The quantitative estimate of drug-likeness (QED) is 0.765. The molecule has 0 aromatic carbocycles. The van der Waals surface area contributed by atoms with Crippen molar-refractivity contribution in [1.82, 2.24) is 15.4 Å². The topological polar surface area (TPSA) is 76.1 Å². The van der Waals surface area contributed by atoms with Crippen LogP contribution in [0.2, 0.25) is 0 Å². The van der Waals surface area contributed by atoms with Gasteiger partial charge in [0.2, 0.25) is 0 Å². The van der Waals surface area contributed by atoms with E-state index in [-0.39, 0.29) is 5.91 Å². The monoisotopic (exact) mass is 326 g/mol. The highest BCUT2D eigenvalue weighted by Gasteiger charge is 2.17. The number of nitrogens with one attached hydrogen (secondary N) is 2. The molecule has 0 spiro atoms. The van der Waals surface area contributed by atoms with Gasteiger partial charge in [-0.1, -0.05) is 12.8 Å². The smallest absolute Gasteiger partial charge is 0.278 e. The van der Waals surface area contributed by atoms with Crippen molar-refractivity contribution in [2.75, 3.05) is 11.9 Å². The molecule has 1 aliphatic rings. The zero-order valence-corrected chi connectivity index (χ0v) is 13.6. The molecule has 2 N–H and O–H groups in total. The lowest BCUT2D eigenvalue weighted by Gasteiger charge is -2.13. The van der Waals surface area contributed by atoms with Gasteiger partial charge in [-0.2, -0.15) is 0 Å². The molecule has 0 unspecified atom stereocenters. The second kappa shape index (κ2) is 8.40. The lowest BCUT2D eigenvalue weighted by molar-refractivity contribution is 0.0171. The number of nitrogens with zero attached hydrogens (tertiary/aromatic N) is 2. The number of anilines is 1. The third-order valence-electron chi connectivity index (χ3n) is 4.22. The Bertz CT molecular complexity index is 657. The number of rotatable bonds is 7. The highest BCUT2D eigenvalue weighted by Crippen LogP contribution is 2.24. The van der Waals surface area contributed by atoms with Gasteiger partial charge < -0.3 is 5.32 Å². The van der Waals surface area contributed by atoms with Gasteiger partial charge in [0.1, 0.15) is 5.82 Å². The van der Waals surface area contributed by atoms with Crippen molar-refractivity contribution in [3.05, 3.63) is 54.0 Å². The van der Waals surface area contributed by atoms with E-state index in [0.717, 1.165) is 5.56 Å². The van der Waals surface area contributed by atoms with Crippen LogP contribution in [-0.4, -0.2) is 22.5 Å². The van der Waals surface area contributed by atoms with E-state index in [9.17, 15) is 4.79 Å². The van der Waals surface area contributed by atoms with Gasteiger partial charge >= 0.3 is 0 Å². The van der Waals surface area contributed by atoms with E-state index in [1.807, 2.05) is 12.1 Å². The Balaban J connectivity index is 1.55. The molecule has 0 radical (unpaired) electrons. The van der Waals surface area contributed by atoms with Crippen LogP contribution in [0.3, 0.4) is 0 Å². The van der Waals surface area contributed by atoms with Crippen LogP contribution in [-0.2, 0) is 11.4 Å². The normalized spacial score (nSPS) is 14.5. The zero-order valence-electron chi connectivity index (χ0n) is 13.6. The van der Waals surface area contributed by atoms with Gasteiger partial charge in [-0.15, -0.1) is 0 Å². The maximum atomic E-state index is 12.3. The summed E-state index contributed by atoms with van der Waals surface area (Å²) in [5.41, 5.74) is 4.07. The minimum absolute atomic E-state index is 0.279. The molecule has 24 heavy (non-hydrogen) atoms. The molecule has 0 atom stereocenters. The molecule has 0 saturated heterocycles. The van der Waals surface area contributed by atoms with Gasteiger partial charge in [-0.05, 0) is 48.6 Å². The highest BCUT2D eigenvalue weighted by molar-refractivity contribution is 5.98. The summed E-state index contributed by atoms with van der Waals surface area (Å²) in [4.78, 5) is 26.0. The minimum atomic E-state index is -0.279. The fourth-order valence-corrected chi connectivity index (χ4v) is 2.87. The third kappa shape index (κ3) is 4.52. The van der Waals surface area contributed by atoms with Crippen LogP contribution in [0.1, 0.15) is 41.6 Å². The number of pyridine rings is 2. The largest absolute Gasteiger partial charge is 0.365 e. The summed E-state index contributed by atoms with van der Waals surface area (Å²) < 4.78 is 0. The van der Waals surface area contributed by atoms with Crippen molar-refractivity contribution in [3.8, 4) is 0 Å². The number of carbonyl (C=O) groups excluding carboxylic acids is 1. The maximum Gasteiger partial charge on any atom is 0.278 e. The van der Waals surface area contributed by atoms with E-state index in [4.69, 9.17) is 4.84 Å². The Morgan fingerprint density at radius 1 is 1.17 bits per heavy atom. The van der Waals surface area contributed by atoms with Gasteiger partial charge in [-0.3, -0.25) is 14.6 Å².